The maximum Gasteiger partial charge on any atom is 0.223 e. The summed E-state index contributed by atoms with van der Waals surface area (Å²) in [4.78, 5) is 3.58. The summed E-state index contributed by atoms with van der Waals surface area (Å²) >= 11 is 0. The molecule has 2 fully saturated rings. The Hall–Kier alpha value is -0.850. The topological polar surface area (TPSA) is 22.8 Å². The molecule has 0 radical (unpaired) electrons. The van der Waals surface area contributed by atoms with Crippen LogP contribution in [0.2, 0.25) is 0 Å². The maximum atomic E-state index is 7.09. The van der Waals surface area contributed by atoms with E-state index < -0.39 is 0 Å². The van der Waals surface area contributed by atoms with Gasteiger partial charge in [-0.15, -0.1) is 0 Å². The van der Waals surface area contributed by atoms with Crippen molar-refractivity contribution in [3.8, 4) is 0 Å². The van der Waals surface area contributed by atoms with Crippen molar-refractivity contribution in [3.05, 3.63) is 23.6 Å². The lowest BCUT2D eigenvalue weighted by atomic mass is 9.83. The minimum Gasteiger partial charge on any atom is -0.369 e. The number of ether oxygens (including phenoxy) is 2. The summed E-state index contributed by atoms with van der Waals surface area (Å²) in [5.41, 5.74) is 0.950. The van der Waals surface area contributed by atoms with Crippen molar-refractivity contribution < 1.29 is 9.47 Å². The van der Waals surface area contributed by atoms with Crippen LogP contribution in [0.15, 0.2) is 12.2 Å². The summed E-state index contributed by atoms with van der Waals surface area (Å²) in [6.07, 6.45) is 5.36. The van der Waals surface area contributed by atoms with Crippen molar-refractivity contribution >= 4 is 0 Å². The summed E-state index contributed by atoms with van der Waals surface area (Å²) in [7, 11) is 0. The molecule has 3 heteroatoms. The molecule has 0 aliphatic carbocycles. The summed E-state index contributed by atoms with van der Waals surface area (Å²) in [5.74, 6) is 0. The first kappa shape index (κ1) is 14.6. The molecule has 5 atom stereocenters. The molecule has 0 aromatic carbocycles. The molecule has 19 heavy (non-hydrogen) atoms. The fourth-order valence-electron chi connectivity index (χ4n) is 3.34. The molecule has 2 saturated heterocycles. The Kier molecular flexibility index (Phi) is 4.32. The first-order valence-corrected chi connectivity index (χ1v) is 7.36. The maximum absolute atomic E-state index is 7.09. The van der Waals surface area contributed by atoms with E-state index in [4.69, 9.17) is 16.0 Å². The first-order valence-electron chi connectivity index (χ1n) is 7.36. The second-order valence-corrected chi connectivity index (χ2v) is 6.11. The van der Waals surface area contributed by atoms with E-state index in [-0.39, 0.29) is 30.0 Å². The summed E-state index contributed by atoms with van der Waals surface area (Å²) in [6, 6.07) is 0.0507. The highest BCUT2D eigenvalue weighted by molar-refractivity contribution is 5.10. The third kappa shape index (κ3) is 2.85. The number of fused-ring (bicyclic) bond motifs is 1. The second kappa shape index (κ2) is 5.64. The largest absolute Gasteiger partial charge is 0.369 e. The van der Waals surface area contributed by atoms with Crippen LogP contribution < -0.4 is 0 Å². The molecule has 0 saturated carbocycles. The fourth-order valence-corrected chi connectivity index (χ4v) is 3.34. The fraction of sp³-hybridized carbons (Fsp3) is 0.812. The number of hydrogen-bond acceptors (Lipinski definition) is 2. The van der Waals surface area contributed by atoms with Gasteiger partial charge in [0.15, 0.2) is 0 Å². The molecule has 0 spiro atoms. The van der Waals surface area contributed by atoms with Gasteiger partial charge in [-0.2, -0.15) is 0 Å². The van der Waals surface area contributed by atoms with Crippen LogP contribution in [0.3, 0.4) is 0 Å². The highest BCUT2D eigenvalue weighted by Crippen LogP contribution is 2.45. The third-order valence-electron chi connectivity index (χ3n) is 4.57. The molecule has 2 aliphatic heterocycles. The van der Waals surface area contributed by atoms with Gasteiger partial charge in [-0.05, 0) is 26.2 Å². The highest BCUT2D eigenvalue weighted by atomic mass is 16.6. The van der Waals surface area contributed by atoms with E-state index in [9.17, 15) is 0 Å². The summed E-state index contributed by atoms with van der Waals surface area (Å²) in [6.45, 7) is 17.3. The van der Waals surface area contributed by atoms with E-state index in [0.717, 1.165) is 37.7 Å². The number of rotatable bonds is 4. The monoisotopic (exact) mass is 263 g/mol. The predicted octanol–water partition coefficient (Wildman–Crippen LogP) is 3.75. The molecule has 0 aromatic heterocycles. The van der Waals surface area contributed by atoms with Gasteiger partial charge < -0.3 is 14.3 Å². The van der Waals surface area contributed by atoms with Crippen LogP contribution in [0.5, 0.6) is 0 Å². The molecular weight excluding hydrogens is 238 g/mol. The quantitative estimate of drug-likeness (QED) is 0.569. The molecule has 0 aromatic rings. The highest BCUT2D eigenvalue weighted by Gasteiger charge is 2.52. The van der Waals surface area contributed by atoms with E-state index in [2.05, 4.69) is 18.3 Å². The smallest absolute Gasteiger partial charge is 0.223 e. The Morgan fingerprint density at radius 2 is 2.26 bits per heavy atom. The van der Waals surface area contributed by atoms with Gasteiger partial charge >= 0.3 is 0 Å². The molecule has 2 heterocycles. The standard InChI is InChI=1S/C16H25NO2/c1-6-16-10-14(11(2)3)18-15(16)8-7-13(19-16)9-12(4)17-5/h12-15H,2,6-10H2,1,3-4H3/t12-,13-,14-,15+,16+/m1/s1. The van der Waals surface area contributed by atoms with E-state index >= 15 is 0 Å². The summed E-state index contributed by atoms with van der Waals surface area (Å²) in [5, 5.41) is 0. The van der Waals surface area contributed by atoms with Gasteiger partial charge in [0.2, 0.25) is 6.04 Å². The van der Waals surface area contributed by atoms with Crippen LogP contribution in [0, 0.1) is 6.57 Å². The first-order chi connectivity index (χ1) is 9.00. The van der Waals surface area contributed by atoms with Crippen molar-refractivity contribution in [3.63, 3.8) is 0 Å². The minimum absolute atomic E-state index is 0.0507. The molecule has 2 aliphatic rings. The zero-order chi connectivity index (χ0) is 14.0. The molecule has 0 N–H and O–H groups in total. The van der Waals surface area contributed by atoms with E-state index in [0.29, 0.717) is 0 Å². The minimum atomic E-state index is -0.145. The van der Waals surface area contributed by atoms with Crippen LogP contribution in [0.4, 0.5) is 0 Å². The Morgan fingerprint density at radius 3 is 2.84 bits per heavy atom. The molecule has 0 amide bonds. The van der Waals surface area contributed by atoms with E-state index in [1.807, 2.05) is 13.8 Å². The normalized spacial score (nSPS) is 39.4. The van der Waals surface area contributed by atoms with Crippen molar-refractivity contribution in [2.24, 2.45) is 0 Å². The Morgan fingerprint density at radius 1 is 1.53 bits per heavy atom. The number of nitrogens with zero attached hydrogens (tertiary/aromatic N) is 1. The van der Waals surface area contributed by atoms with Gasteiger partial charge in [0.25, 0.3) is 0 Å². The molecule has 3 nitrogen and oxygen atoms in total. The van der Waals surface area contributed by atoms with Crippen LogP contribution >= 0.6 is 0 Å². The number of hydrogen-bond donors (Lipinski definition) is 0. The van der Waals surface area contributed by atoms with Crippen LogP contribution in [0.1, 0.15) is 52.9 Å². The van der Waals surface area contributed by atoms with Crippen LogP contribution in [0.25, 0.3) is 4.85 Å². The lowest BCUT2D eigenvalue weighted by Crippen LogP contribution is -2.48. The van der Waals surface area contributed by atoms with Gasteiger partial charge in [0.1, 0.15) is 0 Å². The third-order valence-corrected chi connectivity index (χ3v) is 4.57. The van der Waals surface area contributed by atoms with Crippen LogP contribution in [-0.2, 0) is 9.47 Å². The van der Waals surface area contributed by atoms with Crippen molar-refractivity contribution in [2.75, 3.05) is 0 Å². The predicted molar refractivity (Wildman–Crippen MR) is 75.9 cm³/mol. The molecule has 0 bridgehead atoms. The van der Waals surface area contributed by atoms with Crippen LogP contribution in [-0.4, -0.2) is 30.0 Å². The average molecular weight is 263 g/mol. The Bertz CT molecular complexity index is 387. The van der Waals surface area contributed by atoms with E-state index in [1.54, 1.807) is 0 Å². The zero-order valence-electron chi connectivity index (χ0n) is 12.3. The second-order valence-electron chi connectivity index (χ2n) is 6.11. The van der Waals surface area contributed by atoms with Gasteiger partial charge in [0, 0.05) is 19.8 Å². The Labute approximate surface area is 116 Å². The van der Waals surface area contributed by atoms with Gasteiger partial charge in [-0.3, -0.25) is 0 Å². The van der Waals surface area contributed by atoms with Crippen molar-refractivity contribution in [1.29, 1.82) is 0 Å². The summed E-state index contributed by atoms with van der Waals surface area (Å²) < 4.78 is 12.5. The lowest BCUT2D eigenvalue weighted by Gasteiger charge is -2.41. The molecular formula is C16H25NO2. The van der Waals surface area contributed by atoms with Gasteiger partial charge in [0.05, 0.1) is 23.9 Å². The van der Waals surface area contributed by atoms with Gasteiger partial charge in [-0.1, -0.05) is 19.1 Å². The van der Waals surface area contributed by atoms with Gasteiger partial charge in [-0.25, -0.2) is 6.57 Å². The average Bonchev–Trinajstić information content (AvgIpc) is 2.78. The zero-order valence-corrected chi connectivity index (χ0v) is 12.3. The van der Waals surface area contributed by atoms with E-state index in [1.165, 1.54) is 0 Å². The van der Waals surface area contributed by atoms with Crippen molar-refractivity contribution in [2.45, 2.75) is 82.8 Å². The Balaban J connectivity index is 2.06. The molecule has 106 valence electrons. The SMILES string of the molecule is [C-]#[N+][C@H](C)C[C@H]1CC[C@@H]2O[C@@H](C(=C)C)C[C@]2(CC)O1. The molecule has 0 unspecified atom stereocenters. The molecule has 2 rings (SSSR count). The van der Waals surface area contributed by atoms with Crippen molar-refractivity contribution in [1.82, 2.24) is 0 Å². The lowest BCUT2D eigenvalue weighted by molar-refractivity contribution is -0.168.